The van der Waals surface area contributed by atoms with Crippen LogP contribution in [-0.2, 0) is 13.0 Å². The van der Waals surface area contributed by atoms with Gasteiger partial charge < -0.3 is 10.3 Å². The highest BCUT2D eigenvalue weighted by molar-refractivity contribution is 5.81. The first-order valence-corrected chi connectivity index (χ1v) is 6.67. The van der Waals surface area contributed by atoms with Crippen molar-refractivity contribution in [2.75, 3.05) is 5.73 Å². The van der Waals surface area contributed by atoms with Gasteiger partial charge in [0.1, 0.15) is 0 Å². The predicted octanol–water partition coefficient (Wildman–Crippen LogP) is 2.83. The molecule has 1 aromatic heterocycles. The highest BCUT2D eigenvalue weighted by Gasteiger charge is 2.02. The van der Waals surface area contributed by atoms with Crippen LogP contribution in [0, 0.1) is 0 Å². The Balaban J connectivity index is 1.86. The minimum atomic E-state index is 0.0681. The summed E-state index contributed by atoms with van der Waals surface area (Å²) in [6.07, 6.45) is 2.68. The molecule has 0 saturated carbocycles. The monoisotopic (exact) mass is 264 g/mol. The zero-order chi connectivity index (χ0) is 13.9. The van der Waals surface area contributed by atoms with Gasteiger partial charge in [-0.25, -0.2) is 0 Å². The molecule has 0 unspecified atom stereocenters. The Morgan fingerprint density at radius 3 is 2.50 bits per heavy atom. The van der Waals surface area contributed by atoms with Crippen LogP contribution in [0.5, 0.6) is 0 Å². The lowest BCUT2D eigenvalue weighted by Gasteiger charge is -2.07. The number of benzene rings is 2. The van der Waals surface area contributed by atoms with Crippen molar-refractivity contribution < 1.29 is 0 Å². The quantitative estimate of drug-likeness (QED) is 0.739. The summed E-state index contributed by atoms with van der Waals surface area (Å²) in [5.74, 6) is 0. The SMILES string of the molecule is Nc1ccc(CCn2ccc3ccccc3c2=O)cc1. The molecule has 3 rings (SSSR count). The summed E-state index contributed by atoms with van der Waals surface area (Å²) in [5.41, 5.74) is 7.67. The van der Waals surface area contributed by atoms with E-state index in [9.17, 15) is 4.79 Å². The molecule has 0 atom stereocenters. The van der Waals surface area contributed by atoms with Gasteiger partial charge in [-0.2, -0.15) is 0 Å². The third-order valence-electron chi connectivity index (χ3n) is 3.51. The van der Waals surface area contributed by atoms with Crippen LogP contribution in [0.15, 0.2) is 65.6 Å². The van der Waals surface area contributed by atoms with Gasteiger partial charge in [0.2, 0.25) is 0 Å². The summed E-state index contributed by atoms with van der Waals surface area (Å²) in [4.78, 5) is 12.3. The van der Waals surface area contributed by atoms with Crippen LogP contribution >= 0.6 is 0 Å². The second-order valence-electron chi connectivity index (χ2n) is 4.89. The van der Waals surface area contributed by atoms with E-state index >= 15 is 0 Å². The number of hydrogen-bond donors (Lipinski definition) is 1. The minimum absolute atomic E-state index is 0.0681. The molecule has 0 fully saturated rings. The molecule has 2 aromatic carbocycles. The Morgan fingerprint density at radius 2 is 1.70 bits per heavy atom. The number of hydrogen-bond acceptors (Lipinski definition) is 2. The Kier molecular flexibility index (Phi) is 3.25. The highest BCUT2D eigenvalue weighted by atomic mass is 16.1. The van der Waals surface area contributed by atoms with Crippen molar-refractivity contribution in [1.82, 2.24) is 4.57 Å². The lowest BCUT2D eigenvalue weighted by atomic mass is 10.1. The van der Waals surface area contributed by atoms with Crippen LogP contribution in [0.4, 0.5) is 5.69 Å². The number of fused-ring (bicyclic) bond motifs is 1. The molecule has 0 aliphatic rings. The fraction of sp³-hybridized carbons (Fsp3) is 0.118. The summed E-state index contributed by atoms with van der Waals surface area (Å²) in [6.45, 7) is 0.674. The molecule has 0 bridgehead atoms. The minimum Gasteiger partial charge on any atom is -0.399 e. The molecule has 100 valence electrons. The second-order valence-corrected chi connectivity index (χ2v) is 4.89. The van der Waals surface area contributed by atoms with Gasteiger partial charge in [0.15, 0.2) is 0 Å². The zero-order valence-electron chi connectivity index (χ0n) is 11.1. The molecular formula is C17H16N2O. The molecule has 0 amide bonds. The lowest BCUT2D eigenvalue weighted by Crippen LogP contribution is -2.20. The molecule has 0 radical (unpaired) electrons. The van der Waals surface area contributed by atoms with Gasteiger partial charge in [-0.15, -0.1) is 0 Å². The molecular weight excluding hydrogens is 248 g/mol. The van der Waals surface area contributed by atoms with E-state index < -0.39 is 0 Å². The zero-order valence-corrected chi connectivity index (χ0v) is 11.1. The number of anilines is 1. The number of aromatic nitrogens is 1. The predicted molar refractivity (Wildman–Crippen MR) is 82.8 cm³/mol. The van der Waals surface area contributed by atoms with Gasteiger partial charge in [0.05, 0.1) is 0 Å². The molecule has 3 nitrogen and oxygen atoms in total. The summed E-state index contributed by atoms with van der Waals surface area (Å²) in [5, 5.41) is 1.76. The average Bonchev–Trinajstić information content (AvgIpc) is 2.49. The van der Waals surface area contributed by atoms with E-state index in [4.69, 9.17) is 5.73 Å². The molecule has 2 N–H and O–H groups in total. The average molecular weight is 264 g/mol. The smallest absolute Gasteiger partial charge is 0.258 e. The van der Waals surface area contributed by atoms with Crippen LogP contribution in [0.1, 0.15) is 5.56 Å². The fourth-order valence-corrected chi connectivity index (χ4v) is 2.34. The molecule has 0 aliphatic heterocycles. The van der Waals surface area contributed by atoms with Gasteiger partial charge in [-0.1, -0.05) is 30.3 Å². The maximum atomic E-state index is 12.3. The molecule has 0 saturated heterocycles. The van der Waals surface area contributed by atoms with E-state index in [2.05, 4.69) is 0 Å². The Morgan fingerprint density at radius 1 is 0.950 bits per heavy atom. The molecule has 1 heterocycles. The Labute approximate surface area is 117 Å². The molecule has 0 spiro atoms. The largest absolute Gasteiger partial charge is 0.399 e. The van der Waals surface area contributed by atoms with Crippen molar-refractivity contribution in [3.8, 4) is 0 Å². The van der Waals surface area contributed by atoms with E-state index in [1.54, 1.807) is 4.57 Å². The van der Waals surface area contributed by atoms with Gasteiger partial charge in [-0.05, 0) is 41.6 Å². The van der Waals surface area contributed by atoms with Crippen molar-refractivity contribution in [3.63, 3.8) is 0 Å². The van der Waals surface area contributed by atoms with E-state index in [-0.39, 0.29) is 5.56 Å². The maximum absolute atomic E-state index is 12.3. The van der Waals surface area contributed by atoms with Gasteiger partial charge in [0, 0.05) is 23.8 Å². The topological polar surface area (TPSA) is 48.0 Å². The normalized spacial score (nSPS) is 10.8. The maximum Gasteiger partial charge on any atom is 0.258 e. The Bertz CT molecular complexity index is 788. The first kappa shape index (κ1) is 12.5. The van der Waals surface area contributed by atoms with Crippen molar-refractivity contribution in [2.45, 2.75) is 13.0 Å². The summed E-state index contributed by atoms with van der Waals surface area (Å²) in [7, 11) is 0. The van der Waals surface area contributed by atoms with Crippen molar-refractivity contribution in [3.05, 3.63) is 76.7 Å². The van der Waals surface area contributed by atoms with E-state index in [1.807, 2.05) is 60.8 Å². The van der Waals surface area contributed by atoms with Crippen molar-refractivity contribution >= 4 is 16.5 Å². The number of rotatable bonds is 3. The third kappa shape index (κ3) is 2.43. The van der Waals surface area contributed by atoms with Crippen LogP contribution < -0.4 is 11.3 Å². The lowest BCUT2D eigenvalue weighted by molar-refractivity contribution is 0.675. The first-order chi connectivity index (χ1) is 9.74. The van der Waals surface area contributed by atoms with Gasteiger partial charge >= 0.3 is 0 Å². The van der Waals surface area contributed by atoms with E-state index in [1.165, 1.54) is 5.56 Å². The number of aryl methyl sites for hydroxylation is 2. The van der Waals surface area contributed by atoms with E-state index in [0.29, 0.717) is 6.54 Å². The number of nitrogens with zero attached hydrogens (tertiary/aromatic N) is 1. The van der Waals surface area contributed by atoms with Gasteiger partial charge in [0.25, 0.3) is 5.56 Å². The van der Waals surface area contributed by atoms with Crippen LogP contribution in [-0.4, -0.2) is 4.57 Å². The third-order valence-corrected chi connectivity index (χ3v) is 3.51. The van der Waals surface area contributed by atoms with Crippen LogP contribution in [0.25, 0.3) is 10.8 Å². The van der Waals surface area contributed by atoms with E-state index in [0.717, 1.165) is 22.9 Å². The molecule has 3 aromatic rings. The van der Waals surface area contributed by atoms with Gasteiger partial charge in [-0.3, -0.25) is 4.79 Å². The molecule has 20 heavy (non-hydrogen) atoms. The highest BCUT2D eigenvalue weighted by Crippen LogP contribution is 2.10. The van der Waals surface area contributed by atoms with Crippen LogP contribution in [0.3, 0.4) is 0 Å². The molecule has 0 aliphatic carbocycles. The van der Waals surface area contributed by atoms with Crippen molar-refractivity contribution in [1.29, 1.82) is 0 Å². The summed E-state index contributed by atoms with van der Waals surface area (Å²) in [6, 6.07) is 17.4. The fourth-order valence-electron chi connectivity index (χ4n) is 2.34. The van der Waals surface area contributed by atoms with Crippen molar-refractivity contribution in [2.24, 2.45) is 0 Å². The molecule has 3 heteroatoms. The number of nitrogen functional groups attached to an aromatic ring is 1. The number of nitrogens with two attached hydrogens (primary N) is 1. The summed E-state index contributed by atoms with van der Waals surface area (Å²) >= 11 is 0. The first-order valence-electron chi connectivity index (χ1n) is 6.67. The summed E-state index contributed by atoms with van der Waals surface area (Å²) < 4.78 is 1.76. The standard InChI is InChI=1S/C17H16N2O/c18-15-7-5-13(6-8-15)9-11-19-12-10-14-3-1-2-4-16(14)17(19)20/h1-8,10,12H,9,11,18H2. The Hall–Kier alpha value is -2.55. The van der Waals surface area contributed by atoms with Crippen LogP contribution in [0.2, 0.25) is 0 Å². The second kappa shape index (κ2) is 5.21. The number of pyridine rings is 1.